The first kappa shape index (κ1) is 18.5. The molecular formula is C18H17ClF3NOS. The van der Waals surface area contributed by atoms with Gasteiger partial charge in [0.25, 0.3) is 0 Å². The van der Waals surface area contributed by atoms with Gasteiger partial charge in [-0.2, -0.15) is 13.2 Å². The van der Waals surface area contributed by atoms with E-state index in [4.69, 9.17) is 16.3 Å². The highest BCUT2D eigenvalue weighted by atomic mass is 35.5. The molecule has 1 aromatic carbocycles. The predicted molar refractivity (Wildman–Crippen MR) is 92.9 cm³/mol. The van der Waals surface area contributed by atoms with Gasteiger partial charge >= 0.3 is 6.18 Å². The van der Waals surface area contributed by atoms with E-state index in [1.54, 1.807) is 6.07 Å². The number of halogens is 4. The third-order valence-corrected chi connectivity index (χ3v) is 5.73. The molecule has 0 spiro atoms. The second kappa shape index (κ2) is 7.17. The van der Waals surface area contributed by atoms with Crippen molar-refractivity contribution in [2.75, 3.05) is 6.61 Å². The zero-order chi connectivity index (χ0) is 18.1. The summed E-state index contributed by atoms with van der Waals surface area (Å²) < 4.78 is 44.2. The van der Waals surface area contributed by atoms with Crippen LogP contribution in [0.25, 0.3) is 0 Å². The fourth-order valence-electron chi connectivity index (χ4n) is 2.84. The van der Waals surface area contributed by atoms with Crippen LogP contribution in [-0.4, -0.2) is 16.3 Å². The summed E-state index contributed by atoms with van der Waals surface area (Å²) in [5.41, 5.74) is 0.162. The number of ether oxygens (including phenoxy) is 1. The van der Waals surface area contributed by atoms with Gasteiger partial charge in [-0.25, -0.2) is 4.98 Å². The van der Waals surface area contributed by atoms with Crippen LogP contribution in [-0.2, 0) is 10.9 Å². The maximum absolute atomic E-state index is 12.9. The van der Waals surface area contributed by atoms with E-state index in [1.807, 2.05) is 31.2 Å². The van der Waals surface area contributed by atoms with Crippen molar-refractivity contribution < 1.29 is 17.9 Å². The lowest BCUT2D eigenvalue weighted by Crippen LogP contribution is -2.32. The van der Waals surface area contributed by atoms with Gasteiger partial charge in [-0.1, -0.05) is 41.6 Å². The normalized spacial score (nSPS) is 24.3. The summed E-state index contributed by atoms with van der Waals surface area (Å²) in [6.07, 6.45) is -3.09. The van der Waals surface area contributed by atoms with E-state index >= 15 is 0 Å². The van der Waals surface area contributed by atoms with Crippen LogP contribution in [0, 0.1) is 0 Å². The standard InChI is InChI=1S/C18H17ClF3NOS/c1-17(25-16-4-2-3-15(23-16)18(20,21)22)9-10-24-14(11-17)12-5-7-13(19)8-6-12/h2-8,14H,9-11H2,1H3. The van der Waals surface area contributed by atoms with Crippen molar-refractivity contribution >= 4 is 23.4 Å². The van der Waals surface area contributed by atoms with Crippen molar-refractivity contribution in [3.05, 3.63) is 58.7 Å². The SMILES string of the molecule is CC1(Sc2cccc(C(F)(F)F)n2)CCOC(c2ccc(Cl)cc2)C1. The van der Waals surface area contributed by atoms with Crippen molar-refractivity contribution in [1.29, 1.82) is 0 Å². The molecule has 0 N–H and O–H groups in total. The number of hydrogen-bond donors (Lipinski definition) is 0. The molecule has 0 saturated carbocycles. The highest BCUT2D eigenvalue weighted by molar-refractivity contribution is 8.00. The van der Waals surface area contributed by atoms with Crippen molar-refractivity contribution in [3.63, 3.8) is 0 Å². The van der Waals surface area contributed by atoms with Gasteiger partial charge in [0, 0.05) is 16.4 Å². The van der Waals surface area contributed by atoms with E-state index in [9.17, 15) is 13.2 Å². The van der Waals surface area contributed by atoms with Gasteiger partial charge in [-0.15, -0.1) is 0 Å². The molecule has 2 unspecified atom stereocenters. The summed E-state index contributed by atoms with van der Waals surface area (Å²) in [5, 5.41) is 1.04. The largest absolute Gasteiger partial charge is 0.433 e. The van der Waals surface area contributed by atoms with Crippen molar-refractivity contribution in [3.8, 4) is 0 Å². The van der Waals surface area contributed by atoms with E-state index in [2.05, 4.69) is 4.98 Å². The van der Waals surface area contributed by atoms with Crippen LogP contribution in [0.15, 0.2) is 47.5 Å². The van der Waals surface area contributed by atoms with Crippen molar-refractivity contribution in [2.24, 2.45) is 0 Å². The van der Waals surface area contributed by atoms with Gasteiger partial charge in [0.1, 0.15) is 5.69 Å². The van der Waals surface area contributed by atoms with Gasteiger partial charge < -0.3 is 4.74 Å². The molecule has 1 aromatic heterocycles. The Kier molecular flexibility index (Phi) is 5.32. The van der Waals surface area contributed by atoms with Crippen LogP contribution < -0.4 is 0 Å². The van der Waals surface area contributed by atoms with E-state index in [0.717, 1.165) is 18.1 Å². The minimum atomic E-state index is -4.43. The van der Waals surface area contributed by atoms with E-state index in [0.29, 0.717) is 23.1 Å². The fraction of sp³-hybridized carbons (Fsp3) is 0.389. The molecule has 1 aliphatic heterocycles. The summed E-state index contributed by atoms with van der Waals surface area (Å²) in [6, 6.07) is 11.5. The van der Waals surface area contributed by atoms with Crippen LogP contribution in [0.1, 0.15) is 37.1 Å². The molecule has 2 heterocycles. The molecule has 0 radical (unpaired) electrons. The van der Waals surface area contributed by atoms with E-state index < -0.39 is 11.9 Å². The van der Waals surface area contributed by atoms with Crippen LogP contribution in [0.5, 0.6) is 0 Å². The molecule has 1 saturated heterocycles. The van der Waals surface area contributed by atoms with Gasteiger partial charge in [0.2, 0.25) is 0 Å². The summed E-state index contributed by atoms with van der Waals surface area (Å²) in [6.45, 7) is 2.60. The third kappa shape index (κ3) is 4.68. The van der Waals surface area contributed by atoms with Crippen molar-refractivity contribution in [1.82, 2.24) is 4.98 Å². The van der Waals surface area contributed by atoms with Crippen LogP contribution >= 0.6 is 23.4 Å². The molecule has 134 valence electrons. The average molecular weight is 388 g/mol. The maximum atomic E-state index is 12.9. The summed E-state index contributed by atoms with van der Waals surface area (Å²) in [4.78, 5) is 3.77. The molecule has 2 atom stereocenters. The van der Waals surface area contributed by atoms with Crippen LogP contribution in [0.4, 0.5) is 13.2 Å². The Bertz CT molecular complexity index is 738. The molecule has 1 aliphatic rings. The molecule has 0 bridgehead atoms. The number of alkyl halides is 3. The highest BCUT2D eigenvalue weighted by Crippen LogP contribution is 2.45. The lowest BCUT2D eigenvalue weighted by Gasteiger charge is -2.37. The van der Waals surface area contributed by atoms with Crippen LogP contribution in [0.2, 0.25) is 5.02 Å². The van der Waals surface area contributed by atoms with Gasteiger partial charge in [0.15, 0.2) is 0 Å². The monoisotopic (exact) mass is 387 g/mol. The smallest absolute Gasteiger partial charge is 0.373 e. The number of rotatable bonds is 3. The number of benzene rings is 1. The molecule has 0 aliphatic carbocycles. The van der Waals surface area contributed by atoms with Crippen LogP contribution in [0.3, 0.4) is 0 Å². The number of aromatic nitrogens is 1. The molecular weight excluding hydrogens is 371 g/mol. The number of nitrogens with zero attached hydrogens (tertiary/aromatic N) is 1. The number of pyridine rings is 1. The van der Waals surface area contributed by atoms with Crippen molar-refractivity contribution in [2.45, 2.75) is 41.8 Å². The Morgan fingerprint density at radius 2 is 1.92 bits per heavy atom. The predicted octanol–water partition coefficient (Wildman–Crippen LogP) is 6.16. The van der Waals surface area contributed by atoms with E-state index in [1.165, 1.54) is 17.8 Å². The van der Waals surface area contributed by atoms with E-state index in [-0.39, 0.29) is 10.9 Å². The second-order valence-electron chi connectivity index (χ2n) is 6.28. The second-order valence-corrected chi connectivity index (χ2v) is 8.32. The Morgan fingerprint density at radius 1 is 1.20 bits per heavy atom. The topological polar surface area (TPSA) is 22.1 Å². The Balaban J connectivity index is 1.76. The number of thioether (sulfide) groups is 1. The number of hydrogen-bond acceptors (Lipinski definition) is 3. The third-order valence-electron chi connectivity index (χ3n) is 4.17. The zero-order valence-electron chi connectivity index (χ0n) is 13.5. The maximum Gasteiger partial charge on any atom is 0.433 e. The Labute approximate surface area is 153 Å². The molecule has 0 amide bonds. The zero-order valence-corrected chi connectivity index (χ0v) is 15.1. The summed E-state index contributed by atoms with van der Waals surface area (Å²) in [7, 11) is 0. The molecule has 1 fully saturated rings. The molecule has 3 rings (SSSR count). The molecule has 25 heavy (non-hydrogen) atoms. The first-order chi connectivity index (χ1) is 11.8. The fourth-order valence-corrected chi connectivity index (χ4v) is 4.18. The Hall–Kier alpha value is -1.24. The quantitative estimate of drug-likeness (QED) is 0.630. The molecule has 2 nitrogen and oxygen atoms in total. The lowest BCUT2D eigenvalue weighted by molar-refractivity contribution is -0.141. The first-order valence-electron chi connectivity index (χ1n) is 7.86. The summed E-state index contributed by atoms with van der Waals surface area (Å²) in [5.74, 6) is 0. The van der Waals surface area contributed by atoms with Gasteiger partial charge in [-0.3, -0.25) is 0 Å². The first-order valence-corrected chi connectivity index (χ1v) is 9.05. The average Bonchev–Trinajstić information content (AvgIpc) is 2.54. The lowest BCUT2D eigenvalue weighted by atomic mass is 9.92. The highest BCUT2D eigenvalue weighted by Gasteiger charge is 2.36. The minimum Gasteiger partial charge on any atom is -0.373 e. The molecule has 2 aromatic rings. The molecule has 7 heteroatoms. The van der Waals surface area contributed by atoms with Gasteiger partial charge in [-0.05, 0) is 49.6 Å². The summed E-state index contributed by atoms with van der Waals surface area (Å²) >= 11 is 7.30. The Morgan fingerprint density at radius 3 is 2.60 bits per heavy atom. The van der Waals surface area contributed by atoms with Gasteiger partial charge in [0.05, 0.1) is 11.1 Å². The minimum absolute atomic E-state index is 0.102.